The van der Waals surface area contributed by atoms with Crippen molar-refractivity contribution in [2.24, 2.45) is 5.92 Å². The maximum atomic E-state index is 13.4. The lowest BCUT2D eigenvalue weighted by molar-refractivity contribution is -0.135. The van der Waals surface area contributed by atoms with Gasteiger partial charge in [0.25, 0.3) is 0 Å². The van der Waals surface area contributed by atoms with Crippen LogP contribution in [0.15, 0.2) is 48.5 Å². The minimum absolute atomic E-state index is 0.0433. The zero-order chi connectivity index (χ0) is 25.9. The Morgan fingerprint density at radius 1 is 1.19 bits per heavy atom. The van der Waals surface area contributed by atoms with Gasteiger partial charge < -0.3 is 19.5 Å². The van der Waals surface area contributed by atoms with E-state index < -0.39 is 8.07 Å². The lowest BCUT2D eigenvalue weighted by atomic mass is 9.95. The molecule has 0 radical (unpaired) electrons. The maximum absolute atomic E-state index is 13.4. The molecule has 0 aliphatic carbocycles. The maximum Gasteiger partial charge on any atom is 0.225 e. The summed E-state index contributed by atoms with van der Waals surface area (Å²) < 4.78 is 13.4. The van der Waals surface area contributed by atoms with Crippen molar-refractivity contribution in [1.82, 2.24) is 4.90 Å². The Bertz CT molecular complexity index is 1030. The van der Waals surface area contributed by atoms with Crippen molar-refractivity contribution in [2.45, 2.75) is 75.9 Å². The van der Waals surface area contributed by atoms with E-state index in [1.165, 1.54) is 14.3 Å². The van der Waals surface area contributed by atoms with Crippen molar-refractivity contribution in [3.05, 3.63) is 57.7 Å². The molecule has 7 heteroatoms. The van der Waals surface area contributed by atoms with Gasteiger partial charge in [-0.2, -0.15) is 0 Å². The molecule has 2 fully saturated rings. The Kier molecular flexibility index (Phi) is 9.17. The minimum Gasteiger partial charge on any atom is -0.497 e. The normalized spacial score (nSPS) is 26.4. The monoisotopic (exact) mass is 621 g/mol. The lowest BCUT2D eigenvalue weighted by Gasteiger charge is -2.36. The fraction of sp³-hybridized carbons (Fsp3) is 0.552. The van der Waals surface area contributed by atoms with Gasteiger partial charge in [0.05, 0.1) is 46.5 Å². The molecule has 1 amide bonds. The summed E-state index contributed by atoms with van der Waals surface area (Å²) >= 11 is 2.37. The fourth-order valence-electron chi connectivity index (χ4n) is 6.49. The molecule has 36 heavy (non-hydrogen) atoms. The number of carbonyl (C=O) groups is 1. The van der Waals surface area contributed by atoms with Crippen LogP contribution in [-0.2, 0) is 16.0 Å². The molecule has 2 aromatic rings. The van der Waals surface area contributed by atoms with E-state index >= 15 is 0 Å². The molecule has 1 N–H and O–H groups in total. The van der Waals surface area contributed by atoms with Crippen molar-refractivity contribution >= 4 is 41.8 Å². The zero-order valence-electron chi connectivity index (χ0n) is 22.0. The highest BCUT2D eigenvalue weighted by Gasteiger charge is 2.51. The molecule has 2 saturated heterocycles. The predicted octanol–water partition coefficient (Wildman–Crippen LogP) is 5.00. The molecule has 0 spiro atoms. The van der Waals surface area contributed by atoms with Gasteiger partial charge in [-0.1, -0.05) is 49.5 Å². The van der Waals surface area contributed by atoms with E-state index in [2.05, 4.69) is 91.1 Å². The van der Waals surface area contributed by atoms with Crippen LogP contribution in [0.2, 0.25) is 18.6 Å². The highest BCUT2D eigenvalue weighted by molar-refractivity contribution is 14.1. The first-order valence-corrected chi connectivity index (χ1v) is 17.3. The van der Waals surface area contributed by atoms with Gasteiger partial charge in [0.2, 0.25) is 5.91 Å². The van der Waals surface area contributed by atoms with E-state index in [1.54, 1.807) is 7.11 Å². The molecule has 0 aromatic heterocycles. The van der Waals surface area contributed by atoms with Crippen molar-refractivity contribution in [1.29, 1.82) is 0 Å². The number of aryl methyl sites for hydroxylation is 1. The molecular formula is C29H40INO4Si. The first kappa shape index (κ1) is 27.6. The summed E-state index contributed by atoms with van der Waals surface area (Å²) in [5.74, 6) is 1.36. The summed E-state index contributed by atoms with van der Waals surface area (Å²) in [7, 11) is -0.304. The smallest absolute Gasteiger partial charge is 0.225 e. The van der Waals surface area contributed by atoms with E-state index in [-0.39, 0.29) is 30.8 Å². The molecule has 0 saturated carbocycles. The van der Waals surface area contributed by atoms with Gasteiger partial charge in [-0.25, -0.2) is 0 Å². The minimum atomic E-state index is -2.00. The first-order valence-electron chi connectivity index (χ1n) is 13.2. The number of aliphatic hydroxyl groups excluding tert-OH is 1. The van der Waals surface area contributed by atoms with Crippen molar-refractivity contribution in [2.75, 3.05) is 20.3 Å². The summed E-state index contributed by atoms with van der Waals surface area (Å²) in [6.07, 6.45) is 4.21. The van der Waals surface area contributed by atoms with E-state index in [0.29, 0.717) is 17.9 Å². The van der Waals surface area contributed by atoms with Crippen LogP contribution < -0.4 is 9.92 Å². The average molecular weight is 622 g/mol. The second kappa shape index (κ2) is 12.0. The van der Waals surface area contributed by atoms with Crippen LogP contribution in [0.5, 0.6) is 5.75 Å². The third kappa shape index (κ3) is 6.00. The Labute approximate surface area is 230 Å². The third-order valence-corrected chi connectivity index (χ3v) is 13.5. The first-order chi connectivity index (χ1) is 17.2. The van der Waals surface area contributed by atoms with E-state index in [4.69, 9.17) is 9.47 Å². The van der Waals surface area contributed by atoms with Gasteiger partial charge in [-0.05, 0) is 89.6 Å². The van der Waals surface area contributed by atoms with Crippen molar-refractivity contribution < 1.29 is 19.4 Å². The molecule has 2 aromatic carbocycles. The molecule has 2 aliphatic heterocycles. The van der Waals surface area contributed by atoms with E-state index in [9.17, 15) is 9.90 Å². The third-order valence-electron chi connectivity index (χ3n) is 8.46. The van der Waals surface area contributed by atoms with Crippen LogP contribution in [0.3, 0.4) is 0 Å². The summed E-state index contributed by atoms with van der Waals surface area (Å²) in [5, 5.41) is 11.1. The molecule has 0 bridgehead atoms. The second-order valence-electron chi connectivity index (χ2n) is 11.0. The van der Waals surface area contributed by atoms with Crippen molar-refractivity contribution in [3.63, 3.8) is 0 Å². The number of hydrogen-bond donors (Lipinski definition) is 1. The number of benzene rings is 2. The standard InChI is InChI=1S/C29H40INO4Si/c1-20-26(15-10-21-7-5-8-22(30)17-21)35-27(18-28(33)31-16-6-9-23(31)19-32)29(20)36(3,4)25-13-11-24(34-2)12-14-25/h5,7-8,11-14,17,20,23,26-27,29,32H,6,9-10,15-16,18-19H2,1-4H3/t20-,23+,26+,27-,29+/m1/s1. The van der Waals surface area contributed by atoms with Crippen molar-refractivity contribution in [3.8, 4) is 5.75 Å². The number of halogens is 1. The Hall–Kier alpha value is -1.42. The Morgan fingerprint density at radius 3 is 2.61 bits per heavy atom. The van der Waals surface area contributed by atoms with Gasteiger partial charge >= 0.3 is 0 Å². The predicted molar refractivity (Wildman–Crippen MR) is 156 cm³/mol. The quantitative estimate of drug-likeness (QED) is 0.317. The van der Waals surface area contributed by atoms with Gasteiger partial charge in [-0.3, -0.25) is 4.79 Å². The summed E-state index contributed by atoms with van der Waals surface area (Å²) in [6.45, 7) is 7.96. The highest BCUT2D eigenvalue weighted by atomic mass is 127. The van der Waals surface area contributed by atoms with Crippen LogP contribution in [0.25, 0.3) is 0 Å². The van der Waals surface area contributed by atoms with Crippen LogP contribution >= 0.6 is 22.6 Å². The summed E-state index contributed by atoms with van der Waals surface area (Å²) in [5.41, 5.74) is 1.66. The highest BCUT2D eigenvalue weighted by Crippen LogP contribution is 2.46. The molecule has 5 nitrogen and oxygen atoms in total. The molecule has 196 valence electrons. The fourth-order valence-corrected chi connectivity index (χ4v) is 11.2. The van der Waals surface area contributed by atoms with Gasteiger partial charge in [0.1, 0.15) is 5.75 Å². The summed E-state index contributed by atoms with van der Waals surface area (Å²) in [6, 6.07) is 17.2. The number of rotatable bonds is 9. The SMILES string of the molecule is COc1ccc([Si](C)(C)[C@H]2[C@H](C)[C@H](CCc3cccc(I)c3)O[C@@H]2CC(=O)N2CCC[C@H]2CO)cc1. The van der Waals surface area contributed by atoms with Gasteiger partial charge in [0.15, 0.2) is 0 Å². The number of carbonyl (C=O) groups excluding carboxylic acids is 1. The van der Waals surface area contributed by atoms with Crippen LogP contribution in [0, 0.1) is 9.49 Å². The van der Waals surface area contributed by atoms with Crippen LogP contribution in [0.1, 0.15) is 38.2 Å². The second-order valence-corrected chi connectivity index (χ2v) is 16.9. The largest absolute Gasteiger partial charge is 0.497 e. The number of nitrogens with zero attached hydrogens (tertiary/aromatic N) is 1. The molecule has 2 aliphatic rings. The number of likely N-dealkylation sites (tertiary alicyclic amines) is 1. The number of methoxy groups -OCH3 is 1. The number of hydrogen-bond acceptors (Lipinski definition) is 4. The number of aliphatic hydroxyl groups is 1. The zero-order valence-corrected chi connectivity index (χ0v) is 25.1. The lowest BCUT2D eigenvalue weighted by Crippen LogP contribution is -2.51. The molecule has 2 heterocycles. The molecular weight excluding hydrogens is 581 g/mol. The number of ether oxygens (including phenoxy) is 2. The average Bonchev–Trinajstić information content (AvgIpc) is 3.47. The van der Waals surface area contributed by atoms with Gasteiger partial charge in [-0.15, -0.1) is 0 Å². The Balaban J connectivity index is 1.56. The Morgan fingerprint density at radius 2 is 1.94 bits per heavy atom. The van der Waals surface area contributed by atoms with E-state index in [0.717, 1.165) is 38.0 Å². The topological polar surface area (TPSA) is 59.0 Å². The van der Waals surface area contributed by atoms with Gasteiger partial charge in [0, 0.05) is 10.1 Å². The summed E-state index contributed by atoms with van der Waals surface area (Å²) in [4.78, 5) is 15.3. The van der Waals surface area contributed by atoms with Crippen LogP contribution in [-0.4, -0.2) is 62.5 Å². The molecule has 4 rings (SSSR count). The molecule has 0 unspecified atom stereocenters. The van der Waals surface area contributed by atoms with Crippen LogP contribution in [0.4, 0.5) is 0 Å². The number of amides is 1. The molecule has 5 atom stereocenters. The van der Waals surface area contributed by atoms with E-state index in [1.807, 2.05) is 4.90 Å².